The van der Waals surface area contributed by atoms with Gasteiger partial charge in [-0.1, -0.05) is 22.0 Å². The normalized spacial score (nSPS) is 17.8. The molecule has 0 saturated heterocycles. The Balaban J connectivity index is 1.92. The number of rotatable bonds is 2. The summed E-state index contributed by atoms with van der Waals surface area (Å²) in [5, 5.41) is 3.56. The molecule has 5 heteroatoms. The zero-order valence-corrected chi connectivity index (χ0v) is 13.9. The van der Waals surface area contributed by atoms with Gasteiger partial charge < -0.3 is 10.1 Å². The number of benzene rings is 1. The Bertz CT molecular complexity index is 619. The van der Waals surface area contributed by atoms with E-state index in [0.717, 1.165) is 40.0 Å². The van der Waals surface area contributed by atoms with Crippen molar-refractivity contribution in [2.24, 2.45) is 0 Å². The number of fused-ring (bicyclic) bond motifs is 1. The Morgan fingerprint density at radius 1 is 1.25 bits per heavy atom. The maximum absolute atomic E-state index is 5.83. The number of anilines is 1. The summed E-state index contributed by atoms with van der Waals surface area (Å²) in [6.45, 7) is 0.760. The van der Waals surface area contributed by atoms with Crippen molar-refractivity contribution >= 4 is 37.5 Å². The molecule has 0 aliphatic carbocycles. The third kappa shape index (κ3) is 2.99. The van der Waals surface area contributed by atoms with Crippen LogP contribution in [0.1, 0.15) is 24.4 Å². The van der Waals surface area contributed by atoms with E-state index >= 15 is 0 Å². The summed E-state index contributed by atoms with van der Waals surface area (Å²) >= 11 is 6.98. The van der Waals surface area contributed by atoms with Gasteiger partial charge in [0.2, 0.25) is 0 Å². The van der Waals surface area contributed by atoms with Gasteiger partial charge in [0.25, 0.3) is 0 Å². The first kappa shape index (κ1) is 13.9. The van der Waals surface area contributed by atoms with Crippen LogP contribution in [0.2, 0.25) is 0 Å². The van der Waals surface area contributed by atoms with Gasteiger partial charge in [0, 0.05) is 16.2 Å². The molecular weight excluding hydrogens is 384 g/mol. The summed E-state index contributed by atoms with van der Waals surface area (Å²) in [4.78, 5) is 4.25. The predicted molar refractivity (Wildman–Crippen MR) is 87.2 cm³/mol. The van der Waals surface area contributed by atoms with Crippen LogP contribution in [0.4, 0.5) is 5.69 Å². The van der Waals surface area contributed by atoms with Crippen LogP contribution in [0.25, 0.3) is 0 Å². The molecule has 1 atom stereocenters. The number of nitrogens with one attached hydrogen (secondary N) is 1. The number of hydrogen-bond acceptors (Lipinski definition) is 3. The summed E-state index contributed by atoms with van der Waals surface area (Å²) in [7, 11) is 0. The number of pyridine rings is 1. The summed E-state index contributed by atoms with van der Waals surface area (Å²) in [6.07, 6.45) is 3.84. The fraction of sp³-hybridized carbons (Fsp3) is 0.267. The van der Waals surface area contributed by atoms with Gasteiger partial charge in [-0.05, 0) is 53.0 Å². The van der Waals surface area contributed by atoms with Gasteiger partial charge >= 0.3 is 0 Å². The second kappa shape index (κ2) is 6.14. The Morgan fingerprint density at radius 2 is 2.15 bits per heavy atom. The van der Waals surface area contributed by atoms with Crippen molar-refractivity contribution in [3.63, 3.8) is 0 Å². The van der Waals surface area contributed by atoms with Gasteiger partial charge in [-0.25, -0.2) is 4.98 Å². The SMILES string of the molecule is Brc1ccc2c(c1)OCCCC2Nc1cccnc1Br. The summed E-state index contributed by atoms with van der Waals surface area (Å²) in [5.74, 6) is 0.953. The summed E-state index contributed by atoms with van der Waals surface area (Å²) in [6, 6.07) is 10.4. The van der Waals surface area contributed by atoms with E-state index in [9.17, 15) is 0 Å². The average Bonchev–Trinajstić information content (AvgIpc) is 2.63. The Morgan fingerprint density at radius 3 is 3.00 bits per heavy atom. The molecule has 0 fully saturated rings. The molecule has 1 aliphatic rings. The highest BCUT2D eigenvalue weighted by atomic mass is 79.9. The van der Waals surface area contributed by atoms with Crippen LogP contribution in [0.5, 0.6) is 5.75 Å². The second-order valence-corrected chi connectivity index (χ2v) is 6.38. The van der Waals surface area contributed by atoms with E-state index in [1.54, 1.807) is 6.20 Å². The van der Waals surface area contributed by atoms with Crippen molar-refractivity contribution in [3.8, 4) is 5.75 Å². The number of ether oxygens (including phenoxy) is 1. The Labute approximate surface area is 135 Å². The van der Waals surface area contributed by atoms with E-state index in [1.165, 1.54) is 5.56 Å². The molecule has 0 spiro atoms. The van der Waals surface area contributed by atoms with Crippen LogP contribution in [0, 0.1) is 0 Å². The van der Waals surface area contributed by atoms with Crippen molar-refractivity contribution in [3.05, 3.63) is 51.2 Å². The van der Waals surface area contributed by atoms with E-state index in [-0.39, 0.29) is 6.04 Å². The maximum Gasteiger partial charge on any atom is 0.129 e. The molecule has 1 aromatic carbocycles. The molecule has 0 bridgehead atoms. The lowest BCUT2D eigenvalue weighted by Crippen LogP contribution is -2.10. The number of hydrogen-bond donors (Lipinski definition) is 1. The fourth-order valence-electron chi connectivity index (χ4n) is 2.38. The molecule has 0 saturated carbocycles. The van der Waals surface area contributed by atoms with Gasteiger partial charge in [0.15, 0.2) is 0 Å². The van der Waals surface area contributed by atoms with Crippen molar-refractivity contribution in [2.45, 2.75) is 18.9 Å². The summed E-state index contributed by atoms with van der Waals surface area (Å²) < 4.78 is 7.71. The van der Waals surface area contributed by atoms with Crippen LogP contribution in [0.3, 0.4) is 0 Å². The van der Waals surface area contributed by atoms with Crippen molar-refractivity contribution < 1.29 is 4.74 Å². The molecule has 0 radical (unpaired) electrons. The summed E-state index contributed by atoms with van der Waals surface area (Å²) in [5.41, 5.74) is 2.20. The van der Waals surface area contributed by atoms with Gasteiger partial charge in [-0.3, -0.25) is 0 Å². The van der Waals surface area contributed by atoms with Crippen molar-refractivity contribution in [2.75, 3.05) is 11.9 Å². The molecular formula is C15H14Br2N2O. The zero-order chi connectivity index (χ0) is 13.9. The molecule has 3 nitrogen and oxygen atoms in total. The van der Waals surface area contributed by atoms with Gasteiger partial charge in [0.1, 0.15) is 10.4 Å². The molecule has 0 amide bonds. The van der Waals surface area contributed by atoms with Crippen LogP contribution in [0.15, 0.2) is 45.6 Å². The van der Waals surface area contributed by atoms with Crippen LogP contribution in [-0.4, -0.2) is 11.6 Å². The van der Waals surface area contributed by atoms with E-state index in [1.807, 2.05) is 18.2 Å². The van der Waals surface area contributed by atoms with Crippen molar-refractivity contribution in [1.82, 2.24) is 4.98 Å². The van der Waals surface area contributed by atoms with E-state index < -0.39 is 0 Å². The quantitative estimate of drug-likeness (QED) is 0.729. The Kier molecular flexibility index (Phi) is 4.27. The predicted octanol–water partition coefficient (Wildman–Crippen LogP) is 4.93. The zero-order valence-electron chi connectivity index (χ0n) is 10.8. The molecule has 104 valence electrons. The van der Waals surface area contributed by atoms with E-state index in [4.69, 9.17) is 4.74 Å². The molecule has 1 N–H and O–H groups in total. The van der Waals surface area contributed by atoms with Gasteiger partial charge in [-0.15, -0.1) is 0 Å². The van der Waals surface area contributed by atoms with E-state index in [2.05, 4.69) is 54.3 Å². The molecule has 20 heavy (non-hydrogen) atoms. The number of nitrogens with zero attached hydrogens (tertiary/aromatic N) is 1. The highest BCUT2D eigenvalue weighted by molar-refractivity contribution is 9.10. The number of halogens is 2. The second-order valence-electron chi connectivity index (χ2n) is 4.71. The van der Waals surface area contributed by atoms with Crippen LogP contribution < -0.4 is 10.1 Å². The first-order chi connectivity index (χ1) is 9.74. The Hall–Kier alpha value is -1.07. The molecule has 2 aromatic rings. The minimum absolute atomic E-state index is 0.237. The number of aromatic nitrogens is 1. The topological polar surface area (TPSA) is 34.1 Å². The average molecular weight is 398 g/mol. The van der Waals surface area contributed by atoms with Crippen molar-refractivity contribution in [1.29, 1.82) is 0 Å². The first-order valence-corrected chi connectivity index (χ1v) is 8.12. The highest BCUT2D eigenvalue weighted by Gasteiger charge is 2.20. The minimum Gasteiger partial charge on any atom is -0.493 e. The third-order valence-corrected chi connectivity index (χ3v) is 4.46. The first-order valence-electron chi connectivity index (χ1n) is 6.53. The lowest BCUT2D eigenvalue weighted by molar-refractivity contribution is 0.316. The molecule has 3 rings (SSSR count). The molecule has 1 aromatic heterocycles. The largest absolute Gasteiger partial charge is 0.493 e. The minimum atomic E-state index is 0.237. The van der Waals surface area contributed by atoms with Crippen LogP contribution >= 0.6 is 31.9 Å². The molecule has 1 unspecified atom stereocenters. The van der Waals surface area contributed by atoms with Gasteiger partial charge in [-0.2, -0.15) is 0 Å². The fourth-order valence-corrected chi connectivity index (χ4v) is 3.08. The lowest BCUT2D eigenvalue weighted by atomic mass is 10.0. The lowest BCUT2D eigenvalue weighted by Gasteiger charge is -2.20. The van der Waals surface area contributed by atoms with Crippen LogP contribution in [-0.2, 0) is 0 Å². The third-order valence-electron chi connectivity index (χ3n) is 3.33. The smallest absolute Gasteiger partial charge is 0.129 e. The van der Waals surface area contributed by atoms with Gasteiger partial charge in [0.05, 0.1) is 18.3 Å². The highest BCUT2D eigenvalue weighted by Crippen LogP contribution is 2.36. The standard InChI is InChI=1S/C15H14Br2N2O/c16-10-5-6-11-12(4-2-8-20-14(11)9-10)19-13-3-1-7-18-15(13)17/h1,3,5-7,9,12,19H,2,4,8H2. The molecule has 2 heterocycles. The molecule has 1 aliphatic heterocycles. The monoisotopic (exact) mass is 396 g/mol. The maximum atomic E-state index is 5.83. The van der Waals surface area contributed by atoms with E-state index in [0.29, 0.717) is 0 Å².